The maximum Gasteiger partial charge on any atom is 0.232 e. The van der Waals surface area contributed by atoms with E-state index >= 15 is 0 Å². The van der Waals surface area contributed by atoms with Gasteiger partial charge >= 0.3 is 0 Å². The van der Waals surface area contributed by atoms with Crippen LogP contribution in [0.5, 0.6) is 11.8 Å². The van der Waals surface area contributed by atoms with Crippen molar-refractivity contribution in [2.24, 2.45) is 7.05 Å². The van der Waals surface area contributed by atoms with Crippen LogP contribution in [0, 0.1) is 0 Å². The Bertz CT molecular complexity index is 584. The first-order valence-electron chi connectivity index (χ1n) is 5.04. The first-order valence-corrected chi connectivity index (χ1v) is 5.80. The van der Waals surface area contributed by atoms with Crippen LogP contribution in [0.25, 0.3) is 11.3 Å². The summed E-state index contributed by atoms with van der Waals surface area (Å²) >= 11 is 12.2. The SMILES string of the molecule is COc1ncc(-c2nn(C)c(OC)c2Cl)cc1Cl. The second-order valence-corrected chi connectivity index (χ2v) is 4.30. The van der Waals surface area contributed by atoms with Gasteiger partial charge < -0.3 is 9.47 Å². The Hall–Kier alpha value is -1.46. The Labute approximate surface area is 114 Å². The van der Waals surface area contributed by atoms with Gasteiger partial charge in [-0.1, -0.05) is 23.2 Å². The van der Waals surface area contributed by atoms with Crippen molar-refractivity contribution in [3.05, 3.63) is 22.3 Å². The van der Waals surface area contributed by atoms with E-state index in [1.54, 1.807) is 24.0 Å². The van der Waals surface area contributed by atoms with Crippen LogP contribution >= 0.6 is 23.2 Å². The topological polar surface area (TPSA) is 49.2 Å². The van der Waals surface area contributed by atoms with Gasteiger partial charge in [0.25, 0.3) is 0 Å². The molecule has 0 radical (unpaired) electrons. The molecule has 0 unspecified atom stereocenters. The molecule has 2 aromatic heterocycles. The number of aromatic nitrogens is 3. The molecule has 5 nitrogen and oxygen atoms in total. The van der Waals surface area contributed by atoms with Crippen LogP contribution in [0.3, 0.4) is 0 Å². The third-order valence-corrected chi connectivity index (χ3v) is 3.02. The molecule has 0 N–H and O–H groups in total. The van der Waals surface area contributed by atoms with Gasteiger partial charge in [0.1, 0.15) is 15.7 Å². The molecule has 0 aromatic carbocycles. The molecule has 0 aliphatic carbocycles. The molecule has 0 saturated carbocycles. The first-order chi connectivity index (χ1) is 8.58. The highest BCUT2D eigenvalue weighted by molar-refractivity contribution is 6.35. The van der Waals surface area contributed by atoms with Gasteiger partial charge in [-0.15, -0.1) is 0 Å². The molecular weight excluding hydrogens is 277 g/mol. The molecule has 2 heterocycles. The van der Waals surface area contributed by atoms with Crippen LogP contribution in [0.4, 0.5) is 0 Å². The highest BCUT2D eigenvalue weighted by Crippen LogP contribution is 2.36. The zero-order chi connectivity index (χ0) is 13.3. The largest absolute Gasteiger partial charge is 0.480 e. The van der Waals surface area contributed by atoms with Gasteiger partial charge in [0, 0.05) is 18.8 Å². The van der Waals surface area contributed by atoms with E-state index in [2.05, 4.69) is 10.1 Å². The van der Waals surface area contributed by atoms with Crippen molar-refractivity contribution in [1.82, 2.24) is 14.8 Å². The summed E-state index contributed by atoms with van der Waals surface area (Å²) in [6.07, 6.45) is 1.60. The minimum Gasteiger partial charge on any atom is -0.480 e. The van der Waals surface area contributed by atoms with E-state index in [0.29, 0.717) is 33.1 Å². The Balaban J connectivity index is 2.52. The number of rotatable bonds is 3. The summed E-state index contributed by atoms with van der Waals surface area (Å²) in [5.74, 6) is 0.845. The van der Waals surface area contributed by atoms with Crippen LogP contribution in [0.2, 0.25) is 10.0 Å². The minimum absolute atomic E-state index is 0.361. The summed E-state index contributed by atoms with van der Waals surface area (Å²) in [5, 5.41) is 5.09. The summed E-state index contributed by atoms with van der Waals surface area (Å²) in [7, 11) is 4.78. The van der Waals surface area contributed by atoms with Crippen molar-refractivity contribution < 1.29 is 9.47 Å². The molecule has 96 valence electrons. The highest BCUT2D eigenvalue weighted by Gasteiger charge is 2.17. The number of halogens is 2. The second-order valence-electron chi connectivity index (χ2n) is 3.51. The van der Waals surface area contributed by atoms with Gasteiger partial charge in [-0.3, -0.25) is 0 Å². The van der Waals surface area contributed by atoms with Crippen molar-refractivity contribution >= 4 is 23.2 Å². The zero-order valence-corrected chi connectivity index (χ0v) is 11.6. The van der Waals surface area contributed by atoms with Crippen LogP contribution in [-0.4, -0.2) is 29.0 Å². The maximum absolute atomic E-state index is 6.18. The van der Waals surface area contributed by atoms with Gasteiger partial charge in [0.05, 0.1) is 14.2 Å². The number of hydrogen-bond acceptors (Lipinski definition) is 4. The summed E-state index contributed by atoms with van der Waals surface area (Å²) in [6, 6.07) is 1.70. The Morgan fingerprint density at radius 2 is 1.94 bits per heavy atom. The number of pyridine rings is 1. The van der Waals surface area contributed by atoms with Gasteiger partial charge in [0.2, 0.25) is 11.8 Å². The standard InChI is InChI=1S/C11H11Cl2N3O2/c1-16-11(18-3)8(13)9(15-16)6-4-7(12)10(17-2)14-5-6/h4-5H,1-3H3. The number of nitrogens with zero attached hydrogens (tertiary/aromatic N) is 3. The summed E-state index contributed by atoms with van der Waals surface area (Å²) in [6.45, 7) is 0. The van der Waals surface area contributed by atoms with Crippen molar-refractivity contribution in [3.63, 3.8) is 0 Å². The van der Waals surface area contributed by atoms with Crippen molar-refractivity contribution in [2.45, 2.75) is 0 Å². The van der Waals surface area contributed by atoms with Gasteiger partial charge in [0.15, 0.2) is 0 Å². The predicted octanol–water partition coefficient (Wildman–Crippen LogP) is 2.81. The lowest BCUT2D eigenvalue weighted by molar-refractivity contribution is 0.373. The fraction of sp³-hybridized carbons (Fsp3) is 0.273. The third-order valence-electron chi connectivity index (χ3n) is 2.41. The fourth-order valence-corrected chi connectivity index (χ4v) is 2.18. The van der Waals surface area contributed by atoms with E-state index in [0.717, 1.165) is 0 Å². The van der Waals surface area contributed by atoms with Gasteiger partial charge in [-0.05, 0) is 6.07 Å². The number of hydrogen-bond donors (Lipinski definition) is 0. The van der Waals surface area contributed by atoms with Gasteiger partial charge in [-0.25, -0.2) is 9.67 Å². The summed E-state index contributed by atoms with van der Waals surface area (Å²) < 4.78 is 11.7. The molecule has 2 rings (SSSR count). The van der Waals surface area contributed by atoms with Crippen molar-refractivity contribution in [2.75, 3.05) is 14.2 Å². The molecular formula is C11H11Cl2N3O2. The average molecular weight is 288 g/mol. The van der Waals surface area contributed by atoms with Gasteiger partial charge in [-0.2, -0.15) is 5.10 Å². The number of aryl methyl sites for hydroxylation is 1. The number of methoxy groups -OCH3 is 2. The molecule has 0 aliphatic rings. The summed E-state index contributed by atoms with van der Waals surface area (Å²) in [5.41, 5.74) is 1.26. The molecule has 0 fully saturated rings. The lowest BCUT2D eigenvalue weighted by Crippen LogP contribution is -1.95. The van der Waals surface area contributed by atoms with E-state index in [1.165, 1.54) is 14.2 Å². The lowest BCUT2D eigenvalue weighted by Gasteiger charge is -2.03. The molecule has 0 spiro atoms. The molecule has 18 heavy (non-hydrogen) atoms. The normalized spacial score (nSPS) is 10.5. The molecule has 0 saturated heterocycles. The van der Waals surface area contributed by atoms with E-state index in [4.69, 9.17) is 32.7 Å². The lowest BCUT2D eigenvalue weighted by atomic mass is 10.2. The molecule has 0 atom stereocenters. The first kappa shape index (κ1) is 13.0. The Morgan fingerprint density at radius 3 is 2.44 bits per heavy atom. The number of ether oxygens (including phenoxy) is 2. The third kappa shape index (κ3) is 2.11. The second kappa shape index (κ2) is 5.04. The molecule has 0 bridgehead atoms. The molecule has 0 aliphatic heterocycles. The smallest absolute Gasteiger partial charge is 0.232 e. The van der Waals surface area contributed by atoms with E-state index in [-0.39, 0.29) is 0 Å². The Morgan fingerprint density at radius 1 is 1.22 bits per heavy atom. The quantitative estimate of drug-likeness (QED) is 0.871. The van der Waals surface area contributed by atoms with Crippen molar-refractivity contribution in [1.29, 1.82) is 0 Å². The van der Waals surface area contributed by atoms with Crippen molar-refractivity contribution in [3.8, 4) is 23.0 Å². The predicted molar refractivity (Wildman–Crippen MR) is 69.6 cm³/mol. The molecule has 0 amide bonds. The minimum atomic E-state index is 0.361. The maximum atomic E-state index is 6.18. The van der Waals surface area contributed by atoms with E-state index in [9.17, 15) is 0 Å². The van der Waals surface area contributed by atoms with E-state index < -0.39 is 0 Å². The molecule has 7 heteroatoms. The van der Waals surface area contributed by atoms with Crippen LogP contribution in [0.1, 0.15) is 0 Å². The average Bonchev–Trinajstić information content (AvgIpc) is 2.64. The molecule has 2 aromatic rings. The monoisotopic (exact) mass is 287 g/mol. The van der Waals surface area contributed by atoms with Crippen LogP contribution in [-0.2, 0) is 7.05 Å². The van der Waals surface area contributed by atoms with Crippen LogP contribution in [0.15, 0.2) is 12.3 Å². The fourth-order valence-electron chi connectivity index (χ4n) is 1.59. The van der Waals surface area contributed by atoms with Crippen LogP contribution < -0.4 is 9.47 Å². The summed E-state index contributed by atoms with van der Waals surface area (Å²) in [4.78, 5) is 4.08. The Kier molecular flexibility index (Phi) is 3.63. The van der Waals surface area contributed by atoms with E-state index in [1.807, 2.05) is 0 Å². The highest BCUT2D eigenvalue weighted by atomic mass is 35.5. The zero-order valence-electron chi connectivity index (χ0n) is 10.1.